The lowest BCUT2D eigenvalue weighted by atomic mass is 9.89. The Hall–Kier alpha value is -2.63. The zero-order valence-electron chi connectivity index (χ0n) is 15.4. The van der Waals surface area contributed by atoms with Crippen LogP contribution in [0.15, 0.2) is 36.4 Å². The standard InChI is InChI=1S/C20H26N4O2/c1-14(2)26-17-10-8-16(9-11-17)21-18-12-13-19(24-23-18)22-20(25)15-6-4-3-5-7-15/h8-15H,3-7H2,1-2H3,(H,21,23)(H,22,24,25). The van der Waals surface area contributed by atoms with Gasteiger partial charge in [-0.3, -0.25) is 4.79 Å². The van der Waals surface area contributed by atoms with Crippen molar-refractivity contribution in [3.8, 4) is 5.75 Å². The van der Waals surface area contributed by atoms with Crippen LogP contribution in [0, 0.1) is 5.92 Å². The summed E-state index contributed by atoms with van der Waals surface area (Å²) in [4.78, 5) is 12.2. The Morgan fingerprint density at radius 2 is 1.65 bits per heavy atom. The molecule has 0 saturated heterocycles. The maximum absolute atomic E-state index is 12.2. The Morgan fingerprint density at radius 3 is 2.27 bits per heavy atom. The molecule has 26 heavy (non-hydrogen) atoms. The summed E-state index contributed by atoms with van der Waals surface area (Å²) in [6, 6.07) is 11.3. The zero-order chi connectivity index (χ0) is 18.4. The second-order valence-electron chi connectivity index (χ2n) is 6.94. The number of nitrogens with zero attached hydrogens (tertiary/aromatic N) is 2. The summed E-state index contributed by atoms with van der Waals surface area (Å²) in [5.41, 5.74) is 0.898. The van der Waals surface area contributed by atoms with E-state index in [9.17, 15) is 4.79 Å². The molecular weight excluding hydrogens is 328 g/mol. The molecule has 1 aromatic carbocycles. The van der Waals surface area contributed by atoms with Crippen molar-refractivity contribution >= 4 is 23.2 Å². The number of hydrogen-bond acceptors (Lipinski definition) is 5. The van der Waals surface area contributed by atoms with Gasteiger partial charge < -0.3 is 15.4 Å². The summed E-state index contributed by atoms with van der Waals surface area (Å²) in [5.74, 6) is 2.11. The minimum absolute atomic E-state index is 0.0560. The third-order valence-corrected chi connectivity index (χ3v) is 4.39. The van der Waals surface area contributed by atoms with Crippen LogP contribution in [0.25, 0.3) is 0 Å². The average molecular weight is 354 g/mol. The second kappa shape index (κ2) is 8.65. The number of nitrogens with one attached hydrogen (secondary N) is 2. The first-order valence-electron chi connectivity index (χ1n) is 9.28. The summed E-state index contributed by atoms with van der Waals surface area (Å²) < 4.78 is 5.63. The molecular formula is C20H26N4O2. The molecule has 1 aliphatic rings. The lowest BCUT2D eigenvalue weighted by molar-refractivity contribution is -0.120. The number of amides is 1. The molecule has 3 rings (SSSR count). The summed E-state index contributed by atoms with van der Waals surface area (Å²) in [5, 5.41) is 14.3. The number of carbonyl (C=O) groups is 1. The predicted octanol–water partition coefficient (Wildman–Crippen LogP) is 4.53. The first kappa shape index (κ1) is 18.2. The van der Waals surface area contributed by atoms with Gasteiger partial charge in [-0.2, -0.15) is 0 Å². The summed E-state index contributed by atoms with van der Waals surface area (Å²) in [6.07, 6.45) is 5.58. The maximum Gasteiger partial charge on any atom is 0.228 e. The molecule has 0 radical (unpaired) electrons. The van der Waals surface area contributed by atoms with Crippen molar-refractivity contribution in [2.24, 2.45) is 5.92 Å². The van der Waals surface area contributed by atoms with Gasteiger partial charge in [0.15, 0.2) is 11.6 Å². The van der Waals surface area contributed by atoms with Crippen LogP contribution in [0.3, 0.4) is 0 Å². The van der Waals surface area contributed by atoms with Gasteiger partial charge in [-0.1, -0.05) is 19.3 Å². The molecule has 1 saturated carbocycles. The quantitative estimate of drug-likeness (QED) is 0.797. The van der Waals surface area contributed by atoms with Crippen molar-refractivity contribution in [3.63, 3.8) is 0 Å². The second-order valence-corrected chi connectivity index (χ2v) is 6.94. The van der Waals surface area contributed by atoms with Crippen molar-refractivity contribution < 1.29 is 9.53 Å². The average Bonchev–Trinajstić information content (AvgIpc) is 2.65. The summed E-state index contributed by atoms with van der Waals surface area (Å²) >= 11 is 0. The van der Waals surface area contributed by atoms with Crippen LogP contribution < -0.4 is 15.4 Å². The minimum Gasteiger partial charge on any atom is -0.491 e. The van der Waals surface area contributed by atoms with Crippen LogP contribution in [0.2, 0.25) is 0 Å². The number of hydrogen-bond donors (Lipinski definition) is 2. The highest BCUT2D eigenvalue weighted by molar-refractivity contribution is 5.91. The van der Waals surface area contributed by atoms with E-state index in [2.05, 4.69) is 20.8 Å². The van der Waals surface area contributed by atoms with Crippen LogP contribution in [0.5, 0.6) is 5.75 Å². The van der Waals surface area contributed by atoms with E-state index >= 15 is 0 Å². The molecule has 1 amide bonds. The van der Waals surface area contributed by atoms with Crippen LogP contribution in [0.1, 0.15) is 46.0 Å². The molecule has 2 aromatic rings. The van der Waals surface area contributed by atoms with Crippen molar-refractivity contribution in [2.45, 2.75) is 52.1 Å². The van der Waals surface area contributed by atoms with E-state index in [0.29, 0.717) is 11.6 Å². The molecule has 6 heteroatoms. The van der Waals surface area contributed by atoms with Crippen LogP contribution in [-0.4, -0.2) is 22.2 Å². The van der Waals surface area contributed by atoms with Crippen molar-refractivity contribution in [2.75, 3.05) is 10.6 Å². The van der Waals surface area contributed by atoms with Gasteiger partial charge in [0, 0.05) is 11.6 Å². The van der Waals surface area contributed by atoms with Gasteiger partial charge in [-0.15, -0.1) is 10.2 Å². The zero-order valence-corrected chi connectivity index (χ0v) is 15.4. The van der Waals surface area contributed by atoms with E-state index in [1.807, 2.05) is 44.2 Å². The Kier molecular flexibility index (Phi) is 6.04. The fourth-order valence-electron chi connectivity index (χ4n) is 3.10. The van der Waals surface area contributed by atoms with E-state index in [4.69, 9.17) is 4.74 Å². The van der Waals surface area contributed by atoms with Crippen LogP contribution in [-0.2, 0) is 4.79 Å². The van der Waals surface area contributed by atoms with E-state index < -0.39 is 0 Å². The number of rotatable bonds is 6. The van der Waals surface area contributed by atoms with E-state index in [-0.39, 0.29) is 17.9 Å². The predicted molar refractivity (Wildman–Crippen MR) is 103 cm³/mol. The molecule has 0 atom stereocenters. The maximum atomic E-state index is 12.2. The van der Waals surface area contributed by atoms with E-state index in [1.54, 1.807) is 6.07 Å². The number of aromatic nitrogens is 2. The fourth-order valence-corrected chi connectivity index (χ4v) is 3.10. The Bertz CT molecular complexity index is 708. The van der Waals surface area contributed by atoms with Crippen LogP contribution >= 0.6 is 0 Å². The first-order valence-corrected chi connectivity index (χ1v) is 9.28. The van der Waals surface area contributed by atoms with Crippen molar-refractivity contribution in [1.82, 2.24) is 10.2 Å². The topological polar surface area (TPSA) is 76.1 Å². The molecule has 0 unspecified atom stereocenters. The lowest BCUT2D eigenvalue weighted by Gasteiger charge is -2.20. The largest absolute Gasteiger partial charge is 0.491 e. The Balaban J connectivity index is 1.54. The molecule has 1 heterocycles. The SMILES string of the molecule is CC(C)Oc1ccc(Nc2ccc(NC(=O)C3CCCCC3)nn2)cc1. The summed E-state index contributed by atoms with van der Waals surface area (Å²) in [7, 11) is 0. The first-order chi connectivity index (χ1) is 12.6. The molecule has 0 spiro atoms. The molecule has 6 nitrogen and oxygen atoms in total. The summed E-state index contributed by atoms with van der Waals surface area (Å²) in [6.45, 7) is 3.99. The normalized spacial score (nSPS) is 14.9. The molecule has 0 aliphatic heterocycles. The van der Waals surface area contributed by atoms with Gasteiger partial charge in [-0.25, -0.2) is 0 Å². The molecule has 2 N–H and O–H groups in total. The highest BCUT2D eigenvalue weighted by Gasteiger charge is 2.21. The lowest BCUT2D eigenvalue weighted by Crippen LogP contribution is -2.25. The van der Waals surface area contributed by atoms with Gasteiger partial charge >= 0.3 is 0 Å². The molecule has 0 bridgehead atoms. The number of benzene rings is 1. The smallest absolute Gasteiger partial charge is 0.228 e. The molecule has 1 aromatic heterocycles. The van der Waals surface area contributed by atoms with E-state index in [0.717, 1.165) is 37.1 Å². The Labute approximate surface area is 154 Å². The molecule has 1 fully saturated rings. The molecule has 1 aliphatic carbocycles. The van der Waals surface area contributed by atoms with Crippen molar-refractivity contribution in [1.29, 1.82) is 0 Å². The highest BCUT2D eigenvalue weighted by atomic mass is 16.5. The molecule has 138 valence electrons. The third-order valence-electron chi connectivity index (χ3n) is 4.39. The fraction of sp³-hybridized carbons (Fsp3) is 0.450. The third kappa shape index (κ3) is 5.18. The van der Waals surface area contributed by atoms with Crippen molar-refractivity contribution in [3.05, 3.63) is 36.4 Å². The number of carbonyl (C=O) groups excluding carboxylic acids is 1. The van der Waals surface area contributed by atoms with Gasteiger partial charge in [-0.05, 0) is 63.1 Å². The minimum atomic E-state index is 0.0560. The number of anilines is 3. The monoisotopic (exact) mass is 354 g/mol. The van der Waals surface area contributed by atoms with Gasteiger partial charge in [0.25, 0.3) is 0 Å². The Morgan fingerprint density at radius 1 is 1.00 bits per heavy atom. The highest BCUT2D eigenvalue weighted by Crippen LogP contribution is 2.25. The van der Waals surface area contributed by atoms with Gasteiger partial charge in [0.2, 0.25) is 5.91 Å². The van der Waals surface area contributed by atoms with Crippen LogP contribution in [0.4, 0.5) is 17.3 Å². The van der Waals surface area contributed by atoms with E-state index in [1.165, 1.54) is 6.42 Å². The van der Waals surface area contributed by atoms with Gasteiger partial charge in [0.1, 0.15) is 5.75 Å². The number of ether oxygens (including phenoxy) is 1. The van der Waals surface area contributed by atoms with Gasteiger partial charge in [0.05, 0.1) is 6.10 Å².